The molecule has 3 amide bonds. The Balaban J connectivity index is 0.729. The minimum absolute atomic E-state index is 0.0302. The number of aromatic nitrogens is 4. The summed E-state index contributed by atoms with van der Waals surface area (Å²) in [6.45, 7) is 0.412. The lowest BCUT2D eigenvalue weighted by molar-refractivity contribution is -0.136. The van der Waals surface area contributed by atoms with Crippen molar-refractivity contribution in [2.75, 3.05) is 6.61 Å². The van der Waals surface area contributed by atoms with Crippen LogP contribution in [0.1, 0.15) is 47.3 Å². The third-order valence-corrected chi connectivity index (χ3v) is 10.3. The van der Waals surface area contributed by atoms with Crippen molar-refractivity contribution < 1.29 is 28.6 Å². The second-order valence-corrected chi connectivity index (χ2v) is 13.7. The minimum atomic E-state index is -0.655. The maximum Gasteiger partial charge on any atom is 0.255 e. The van der Waals surface area contributed by atoms with Crippen LogP contribution in [0.4, 0.5) is 0 Å². The van der Waals surface area contributed by atoms with E-state index in [2.05, 4.69) is 61.9 Å². The van der Waals surface area contributed by atoms with Crippen LogP contribution in [0.25, 0.3) is 32.9 Å². The zero-order chi connectivity index (χ0) is 36.8. The van der Waals surface area contributed by atoms with Crippen molar-refractivity contribution in [3.63, 3.8) is 0 Å². The summed E-state index contributed by atoms with van der Waals surface area (Å²) in [5, 5.41) is 4.64. The number of imide groups is 1. The first-order valence-corrected chi connectivity index (χ1v) is 17.8. The average Bonchev–Trinajstić information content (AvgIpc) is 3.65. The Labute approximate surface area is 310 Å². The van der Waals surface area contributed by atoms with Gasteiger partial charge in [0.2, 0.25) is 17.7 Å². The number of nitrogens with one attached hydrogen (secondary N) is 1. The van der Waals surface area contributed by atoms with Gasteiger partial charge in [0, 0.05) is 84.9 Å². The van der Waals surface area contributed by atoms with Gasteiger partial charge < -0.3 is 23.7 Å². The Kier molecular flexibility index (Phi) is 8.38. The Bertz CT molecular complexity index is 2510. The van der Waals surface area contributed by atoms with Gasteiger partial charge in [-0.15, -0.1) is 0 Å². The Morgan fingerprint density at radius 2 is 1.69 bits per heavy atom. The molecule has 12 nitrogen and oxygen atoms in total. The van der Waals surface area contributed by atoms with Gasteiger partial charge in [-0.2, -0.15) is 0 Å². The van der Waals surface area contributed by atoms with Gasteiger partial charge in [-0.3, -0.25) is 24.7 Å². The largest absolute Gasteiger partial charge is 0.489 e. The van der Waals surface area contributed by atoms with E-state index < -0.39 is 11.9 Å². The third kappa shape index (κ3) is 6.34. The molecule has 4 aromatic heterocycles. The van der Waals surface area contributed by atoms with Crippen LogP contribution in [0.15, 0.2) is 91.5 Å². The molecule has 9 rings (SSSR count). The molecule has 2 aromatic carbocycles. The third-order valence-electron chi connectivity index (χ3n) is 10.3. The number of amides is 3. The van der Waals surface area contributed by atoms with E-state index in [1.54, 1.807) is 30.5 Å². The Morgan fingerprint density at radius 3 is 2.50 bits per heavy atom. The minimum Gasteiger partial charge on any atom is -0.489 e. The number of rotatable bonds is 8. The molecule has 0 spiro atoms. The molecule has 1 saturated heterocycles. The molecule has 6 aromatic rings. The quantitative estimate of drug-likeness (QED) is 0.163. The summed E-state index contributed by atoms with van der Waals surface area (Å²) in [4.78, 5) is 51.5. The van der Waals surface area contributed by atoms with Crippen molar-refractivity contribution in [1.82, 2.24) is 29.7 Å². The number of hydrogen-bond donors (Lipinski definition) is 1. The van der Waals surface area contributed by atoms with Crippen LogP contribution in [-0.2, 0) is 23.2 Å². The van der Waals surface area contributed by atoms with Gasteiger partial charge >= 0.3 is 0 Å². The smallest absolute Gasteiger partial charge is 0.255 e. The lowest BCUT2D eigenvalue weighted by Gasteiger charge is -2.34. The predicted molar refractivity (Wildman–Crippen MR) is 199 cm³/mol. The van der Waals surface area contributed by atoms with Crippen LogP contribution >= 0.6 is 0 Å². The van der Waals surface area contributed by atoms with Gasteiger partial charge in [-0.25, -0.2) is 9.97 Å². The highest BCUT2D eigenvalue weighted by Crippen LogP contribution is 2.33. The van der Waals surface area contributed by atoms with Gasteiger partial charge in [0.25, 0.3) is 5.91 Å². The number of carbonyl (C=O) groups excluding carboxylic acids is 3. The number of fused-ring (bicyclic) bond motifs is 4. The number of hydrogen-bond acceptors (Lipinski definition) is 9. The molecule has 268 valence electrons. The van der Waals surface area contributed by atoms with Crippen molar-refractivity contribution in [3.8, 4) is 40.3 Å². The van der Waals surface area contributed by atoms with Crippen molar-refractivity contribution >= 4 is 39.5 Å². The summed E-state index contributed by atoms with van der Waals surface area (Å²) in [6, 6.07) is 20.7. The number of aryl methyl sites for hydroxylation is 1. The Morgan fingerprint density at radius 1 is 0.833 bits per heavy atom. The van der Waals surface area contributed by atoms with Gasteiger partial charge in [0.1, 0.15) is 42.0 Å². The second kappa shape index (κ2) is 13.7. The summed E-state index contributed by atoms with van der Waals surface area (Å²) in [5.41, 5.74) is 6.31. The number of benzene rings is 2. The molecule has 1 N–H and O–H groups in total. The highest BCUT2D eigenvalue weighted by Gasteiger charge is 2.39. The van der Waals surface area contributed by atoms with Crippen molar-refractivity contribution in [2.24, 2.45) is 7.05 Å². The molecular weight excluding hydrogens is 684 g/mol. The molecule has 12 heteroatoms. The molecule has 1 aliphatic carbocycles. The lowest BCUT2D eigenvalue weighted by Crippen LogP contribution is -2.52. The van der Waals surface area contributed by atoms with Crippen LogP contribution in [-0.4, -0.2) is 67.0 Å². The van der Waals surface area contributed by atoms with Crippen molar-refractivity contribution in [3.05, 3.63) is 108 Å². The molecule has 2 fully saturated rings. The monoisotopic (exact) mass is 718 g/mol. The van der Waals surface area contributed by atoms with E-state index in [0.29, 0.717) is 35.1 Å². The predicted octanol–water partition coefficient (Wildman–Crippen LogP) is 5.36. The second-order valence-electron chi connectivity index (χ2n) is 13.7. The lowest BCUT2D eigenvalue weighted by atomic mass is 9.92. The van der Waals surface area contributed by atoms with E-state index in [4.69, 9.17) is 14.2 Å². The molecule has 54 heavy (non-hydrogen) atoms. The molecule has 0 bridgehead atoms. The molecule has 1 unspecified atom stereocenters. The molecule has 3 aliphatic rings. The fourth-order valence-corrected chi connectivity index (χ4v) is 7.34. The SMILES string of the molecule is Cn1c2ccncc2c2ccc(-c3ccc(OC4CC(Oc5ccc(C#CCOc6ccc7c(c6)CN(C6CCC(=O)NC6=O)C7=O)nc5)C4)nc3)cc21. The zero-order valence-corrected chi connectivity index (χ0v) is 29.3. The molecule has 0 radical (unpaired) electrons. The average molecular weight is 719 g/mol. The maximum absolute atomic E-state index is 12.9. The van der Waals surface area contributed by atoms with Crippen LogP contribution in [0, 0.1) is 11.8 Å². The summed E-state index contributed by atoms with van der Waals surface area (Å²) in [5.74, 6) is 6.83. The highest BCUT2D eigenvalue weighted by molar-refractivity contribution is 6.08. The molecule has 6 heterocycles. The fraction of sp³-hybridized carbons (Fsp3) is 0.238. The van der Waals surface area contributed by atoms with Crippen molar-refractivity contribution in [2.45, 2.75) is 50.5 Å². The van der Waals surface area contributed by atoms with Crippen LogP contribution in [0.3, 0.4) is 0 Å². The standard InChI is InChI=1S/C42H34N6O6/c1-47-36-14-15-43-23-35(36)34-9-4-25(18-38(34)47)26-5-13-40(45-21-26)54-32-19-31(20-32)53-30-7-6-28(44-22-30)3-2-16-52-29-8-10-33-27(17-29)24-48(42(33)51)37-11-12-39(49)46-41(37)50/h4-10,13-15,17-18,21-23,31-32,37H,11-12,16,19-20,24H2,1H3,(H,46,49,50). The normalized spacial score (nSPS) is 19.2. The first-order chi connectivity index (χ1) is 26.4. The van der Waals surface area contributed by atoms with E-state index in [-0.39, 0.29) is 43.6 Å². The summed E-state index contributed by atoms with van der Waals surface area (Å²) in [7, 11) is 2.08. The maximum atomic E-state index is 12.9. The zero-order valence-electron chi connectivity index (χ0n) is 29.3. The van der Waals surface area contributed by atoms with Crippen molar-refractivity contribution in [1.29, 1.82) is 0 Å². The summed E-state index contributed by atoms with van der Waals surface area (Å²) >= 11 is 0. The number of piperidine rings is 1. The first-order valence-electron chi connectivity index (χ1n) is 17.8. The van der Waals surface area contributed by atoms with Crippen LogP contribution < -0.4 is 19.5 Å². The number of carbonyl (C=O) groups is 3. The van der Waals surface area contributed by atoms with Crippen LogP contribution in [0.5, 0.6) is 17.4 Å². The van der Waals surface area contributed by atoms with Gasteiger partial charge in [0.05, 0.1) is 11.7 Å². The topological polar surface area (TPSA) is 138 Å². The van der Waals surface area contributed by atoms with E-state index in [0.717, 1.165) is 46.0 Å². The molecular formula is C42H34N6O6. The molecule has 2 aliphatic heterocycles. The summed E-state index contributed by atoms with van der Waals surface area (Å²) < 4.78 is 20.2. The van der Waals surface area contributed by atoms with Gasteiger partial charge in [-0.05, 0) is 72.0 Å². The van der Waals surface area contributed by atoms with Gasteiger partial charge in [0.15, 0.2) is 0 Å². The fourth-order valence-electron chi connectivity index (χ4n) is 7.34. The highest BCUT2D eigenvalue weighted by atomic mass is 16.5. The van der Waals surface area contributed by atoms with Gasteiger partial charge in [-0.1, -0.05) is 18.1 Å². The molecule has 1 atom stereocenters. The Hall–Kier alpha value is -6.74. The van der Waals surface area contributed by atoms with E-state index in [9.17, 15) is 14.4 Å². The van der Waals surface area contributed by atoms with E-state index >= 15 is 0 Å². The van der Waals surface area contributed by atoms with E-state index in [1.807, 2.05) is 42.9 Å². The molecule has 1 saturated carbocycles. The van der Waals surface area contributed by atoms with Crippen LogP contribution in [0.2, 0.25) is 0 Å². The summed E-state index contributed by atoms with van der Waals surface area (Å²) in [6.07, 6.45) is 9.35. The first kappa shape index (κ1) is 33.1. The number of ether oxygens (including phenoxy) is 3. The number of nitrogens with zero attached hydrogens (tertiary/aromatic N) is 5. The van der Waals surface area contributed by atoms with E-state index in [1.165, 1.54) is 10.3 Å². The number of pyridine rings is 3.